The summed E-state index contributed by atoms with van der Waals surface area (Å²) in [5.41, 5.74) is 0.993. The maximum absolute atomic E-state index is 12.3. The Morgan fingerprint density at radius 2 is 1.96 bits per heavy atom. The van der Waals surface area contributed by atoms with Crippen molar-refractivity contribution in [3.05, 3.63) is 29.3 Å². The van der Waals surface area contributed by atoms with Gasteiger partial charge in [-0.1, -0.05) is 18.6 Å². The zero-order chi connectivity index (χ0) is 19.9. The van der Waals surface area contributed by atoms with Crippen LogP contribution in [0.1, 0.15) is 54.9 Å². The van der Waals surface area contributed by atoms with Crippen LogP contribution in [0.5, 0.6) is 5.75 Å². The zero-order valence-electron chi connectivity index (χ0n) is 15.8. The van der Waals surface area contributed by atoms with Gasteiger partial charge < -0.3 is 24.2 Å². The van der Waals surface area contributed by atoms with E-state index in [1.54, 1.807) is 12.1 Å². The minimum atomic E-state index is -0.836. The Hall–Kier alpha value is -2.71. The molecule has 1 aliphatic heterocycles. The molecule has 1 atom stereocenters. The highest BCUT2D eigenvalue weighted by Crippen LogP contribution is 2.29. The lowest BCUT2D eigenvalue weighted by atomic mass is 9.79. The number of hydrogen-bond donors (Lipinski definition) is 1. The molecular weight excluding hydrogens is 365 g/mol. The van der Waals surface area contributed by atoms with Crippen LogP contribution < -0.4 is 9.97 Å². The number of hydrogen-bond acceptors (Lipinski definition) is 7. The van der Waals surface area contributed by atoms with Gasteiger partial charge in [-0.15, -0.1) is 0 Å². The van der Waals surface area contributed by atoms with Crippen molar-refractivity contribution < 1.29 is 33.2 Å². The van der Waals surface area contributed by atoms with Gasteiger partial charge in [0.25, 0.3) is 0 Å². The quantitative estimate of drug-likeness (QED) is 0.469. The first-order chi connectivity index (χ1) is 13.5. The molecule has 1 unspecified atom stereocenters. The van der Waals surface area contributed by atoms with Crippen molar-refractivity contribution in [2.75, 3.05) is 6.79 Å². The van der Waals surface area contributed by atoms with Gasteiger partial charge in [-0.25, -0.2) is 9.59 Å². The Morgan fingerprint density at radius 3 is 2.71 bits per heavy atom. The van der Waals surface area contributed by atoms with Gasteiger partial charge in [0, 0.05) is 12.9 Å². The third-order valence-electron chi connectivity index (χ3n) is 4.68. The number of para-hydroxylation sites is 1. The number of benzene rings is 1. The van der Waals surface area contributed by atoms with E-state index < -0.39 is 18.9 Å². The average molecular weight is 388 g/mol. The highest BCUT2D eigenvalue weighted by Gasteiger charge is 2.27. The second-order valence-corrected chi connectivity index (χ2v) is 6.88. The predicted octanol–water partition coefficient (Wildman–Crippen LogP) is 2.30. The topological polar surface area (TPSA) is 100 Å². The largest absolute Gasteiger partial charge is 0.560 e. The van der Waals surface area contributed by atoms with Gasteiger partial charge in [-0.3, -0.25) is 4.79 Å². The number of nitrogens with one attached hydrogen (secondary N) is 1. The van der Waals surface area contributed by atoms with Crippen molar-refractivity contribution >= 4 is 25.5 Å². The molecule has 1 fully saturated rings. The number of carbonyl (C=O) groups is 3. The van der Waals surface area contributed by atoms with E-state index >= 15 is 0 Å². The van der Waals surface area contributed by atoms with E-state index in [-0.39, 0.29) is 23.5 Å². The number of rotatable bonds is 5. The van der Waals surface area contributed by atoms with Crippen molar-refractivity contribution in [1.82, 2.24) is 5.32 Å². The lowest BCUT2D eigenvalue weighted by Crippen LogP contribution is -2.44. The van der Waals surface area contributed by atoms with Gasteiger partial charge in [-0.05, 0) is 43.7 Å². The Kier molecular flexibility index (Phi) is 6.78. The van der Waals surface area contributed by atoms with Gasteiger partial charge in [0.2, 0.25) is 12.7 Å². The molecule has 1 heterocycles. The van der Waals surface area contributed by atoms with Crippen molar-refractivity contribution in [2.45, 2.75) is 57.5 Å². The fourth-order valence-electron chi connectivity index (χ4n) is 3.39. The molecule has 1 radical (unpaired) electrons. The first-order valence-electron chi connectivity index (χ1n) is 9.42. The summed E-state index contributed by atoms with van der Waals surface area (Å²) in [7, 11) is 1.47. The number of carbonyl (C=O) groups excluding carboxylic acids is 3. The molecule has 1 aromatic rings. The molecule has 9 heteroatoms. The van der Waals surface area contributed by atoms with E-state index in [1.807, 2.05) is 6.07 Å². The molecule has 149 valence electrons. The van der Waals surface area contributed by atoms with Crippen LogP contribution in [0.3, 0.4) is 0 Å². The van der Waals surface area contributed by atoms with Crippen LogP contribution in [0.25, 0.3) is 0 Å². The molecule has 0 bridgehead atoms. The molecule has 1 amide bonds. The Bertz CT molecular complexity index is 733. The van der Waals surface area contributed by atoms with Crippen LogP contribution in [0.2, 0.25) is 0 Å². The summed E-state index contributed by atoms with van der Waals surface area (Å²) in [4.78, 5) is 35.2. The molecule has 1 aliphatic carbocycles. The highest BCUT2D eigenvalue weighted by molar-refractivity contribution is 6.32. The third-order valence-corrected chi connectivity index (χ3v) is 4.68. The molecule has 0 aromatic heterocycles. The lowest BCUT2D eigenvalue weighted by molar-refractivity contribution is -0.119. The highest BCUT2D eigenvalue weighted by atomic mass is 16.8. The van der Waals surface area contributed by atoms with E-state index in [4.69, 9.17) is 18.9 Å². The number of amides is 1. The minimum Gasteiger partial charge on any atom is -0.560 e. The van der Waals surface area contributed by atoms with Gasteiger partial charge in [-0.2, -0.15) is 0 Å². The molecule has 1 saturated carbocycles. The van der Waals surface area contributed by atoms with Crippen molar-refractivity contribution in [2.24, 2.45) is 0 Å². The van der Waals surface area contributed by atoms with E-state index in [0.717, 1.165) is 37.7 Å². The molecule has 8 nitrogen and oxygen atoms in total. The standard InChI is InChI=1S/C19H23BNO7/c1-12(22)21-16-10-13-6-5-9-15(17(13)28-20-16)18(23)25-11-26-19(24)27-14-7-3-2-4-8-14/h5-6,9,14,16H,2-4,7-8,10-11H2,1H3,(H,21,22). The summed E-state index contributed by atoms with van der Waals surface area (Å²) in [6.45, 7) is 0.892. The van der Waals surface area contributed by atoms with Crippen LogP contribution in [0.15, 0.2) is 18.2 Å². The Labute approximate surface area is 164 Å². The maximum Gasteiger partial charge on any atom is 0.511 e. The van der Waals surface area contributed by atoms with Gasteiger partial charge in [0.15, 0.2) is 0 Å². The van der Waals surface area contributed by atoms with Crippen LogP contribution in [0, 0.1) is 0 Å². The zero-order valence-corrected chi connectivity index (χ0v) is 15.8. The van der Waals surface area contributed by atoms with Crippen LogP contribution >= 0.6 is 0 Å². The number of fused-ring (bicyclic) bond motifs is 1. The first-order valence-corrected chi connectivity index (χ1v) is 9.42. The Morgan fingerprint density at radius 1 is 1.18 bits per heavy atom. The molecule has 28 heavy (non-hydrogen) atoms. The first kappa shape index (κ1) is 20.0. The number of ether oxygens (including phenoxy) is 3. The summed E-state index contributed by atoms with van der Waals surface area (Å²) in [5.74, 6) is -0.733. The smallest absolute Gasteiger partial charge is 0.511 e. The van der Waals surface area contributed by atoms with Crippen molar-refractivity contribution in [1.29, 1.82) is 0 Å². The average Bonchev–Trinajstić information content (AvgIpc) is 2.67. The summed E-state index contributed by atoms with van der Waals surface area (Å²) in [5, 5.41) is 2.74. The second-order valence-electron chi connectivity index (χ2n) is 6.88. The van der Waals surface area contributed by atoms with Crippen LogP contribution in [0.4, 0.5) is 4.79 Å². The maximum atomic E-state index is 12.3. The van der Waals surface area contributed by atoms with Gasteiger partial charge >= 0.3 is 19.6 Å². The predicted molar refractivity (Wildman–Crippen MR) is 98.9 cm³/mol. The van der Waals surface area contributed by atoms with Crippen LogP contribution in [-0.2, 0) is 25.4 Å². The van der Waals surface area contributed by atoms with Crippen LogP contribution in [-0.4, -0.2) is 44.4 Å². The Balaban J connectivity index is 1.49. The molecule has 1 aromatic carbocycles. The van der Waals surface area contributed by atoms with Crippen molar-refractivity contribution in [3.63, 3.8) is 0 Å². The number of esters is 1. The lowest BCUT2D eigenvalue weighted by Gasteiger charge is -2.25. The minimum absolute atomic E-state index is 0.126. The normalized spacial score (nSPS) is 18.7. The molecule has 2 aliphatic rings. The van der Waals surface area contributed by atoms with E-state index in [2.05, 4.69) is 5.32 Å². The van der Waals surface area contributed by atoms with Crippen molar-refractivity contribution in [3.8, 4) is 5.75 Å². The monoisotopic (exact) mass is 388 g/mol. The fraction of sp³-hybridized carbons (Fsp3) is 0.526. The summed E-state index contributed by atoms with van der Waals surface area (Å²) in [6, 6.07) is 5.08. The fourth-order valence-corrected chi connectivity index (χ4v) is 3.39. The second kappa shape index (κ2) is 9.48. The van der Waals surface area contributed by atoms with Gasteiger partial charge in [0.05, 0.1) is 0 Å². The molecule has 1 N–H and O–H groups in total. The van der Waals surface area contributed by atoms with E-state index in [0.29, 0.717) is 12.2 Å². The third kappa shape index (κ3) is 5.40. The van der Waals surface area contributed by atoms with E-state index in [9.17, 15) is 14.4 Å². The molecule has 0 saturated heterocycles. The summed E-state index contributed by atoms with van der Waals surface area (Å²) < 4.78 is 20.6. The molecular formula is C19H23BNO7. The van der Waals surface area contributed by atoms with E-state index in [1.165, 1.54) is 14.4 Å². The summed E-state index contributed by atoms with van der Waals surface area (Å²) >= 11 is 0. The molecule has 0 spiro atoms. The van der Waals surface area contributed by atoms with Gasteiger partial charge in [0.1, 0.15) is 17.4 Å². The molecule has 3 rings (SSSR count). The summed E-state index contributed by atoms with van der Waals surface area (Å²) in [6.07, 6.45) is 4.42. The SMILES string of the molecule is CC(=O)NC1[B]Oc2c(cccc2C(=O)OCOC(=O)OC2CCCCC2)C1.